The van der Waals surface area contributed by atoms with Gasteiger partial charge in [0.25, 0.3) is 0 Å². The molecule has 5 aliphatic heterocycles. The van der Waals surface area contributed by atoms with E-state index in [2.05, 4.69) is 4.99 Å². The van der Waals surface area contributed by atoms with Crippen molar-refractivity contribution in [3.05, 3.63) is 0 Å². The Morgan fingerprint density at radius 3 is 1.64 bits per heavy atom. The van der Waals surface area contributed by atoms with E-state index >= 15 is 0 Å². The molecular formula is C26H43NO20. The van der Waals surface area contributed by atoms with Gasteiger partial charge in [0.15, 0.2) is 24.8 Å². The summed E-state index contributed by atoms with van der Waals surface area (Å²) < 4.78 is 44.6. The summed E-state index contributed by atoms with van der Waals surface area (Å²) in [6, 6.07) is -0.986. The smallest absolute Gasteiger partial charge is 0.227 e. The average molecular weight is 690 g/mol. The lowest BCUT2D eigenvalue weighted by Crippen LogP contribution is -2.66. The molecular weight excluding hydrogens is 646 g/mol. The fourth-order valence-corrected chi connectivity index (χ4v) is 6.06. The predicted molar refractivity (Wildman–Crippen MR) is 144 cm³/mol. The molecule has 0 saturated carbocycles. The molecule has 12 N–H and O–H groups in total. The number of hydrogen-bond donors (Lipinski definition) is 12. The number of fused-ring (bicyclic) bond motifs is 1. The Kier molecular flexibility index (Phi) is 12.0. The van der Waals surface area contributed by atoms with Crippen molar-refractivity contribution < 1.29 is 99.2 Å². The third kappa shape index (κ3) is 7.30. The van der Waals surface area contributed by atoms with Crippen molar-refractivity contribution in [3.8, 4) is 0 Å². The predicted octanol–water partition coefficient (Wildman–Crippen LogP) is -8.28. The third-order valence-corrected chi connectivity index (χ3v) is 8.78. The minimum absolute atomic E-state index is 0.201. The molecule has 5 aliphatic rings. The molecule has 5 heterocycles. The van der Waals surface area contributed by atoms with E-state index in [-0.39, 0.29) is 5.90 Å². The summed E-state index contributed by atoms with van der Waals surface area (Å²) in [6.07, 6.45) is -31.3. The van der Waals surface area contributed by atoms with Crippen LogP contribution in [-0.2, 0) is 37.9 Å². The van der Waals surface area contributed by atoms with Gasteiger partial charge in [-0.3, -0.25) is 0 Å². The second kappa shape index (κ2) is 15.3. The standard InChI is InChI=1S/C26H43NO20/c1-6-27-11-15(34)21(9(4-30)44-23(11)41-6)46-26-20(39)22(47-25-19(38)17(36)13(32)8(3-29)43-25)14(33)10(45-26)5-40-24-18(37)16(35)12(31)7(2-28)42-24/h7-26,28-39H,2-5H2,1H3/t7?,8-,9?,10?,11?,12+,13+,14+,15+,16-,17?,18?,19?,20?,21+,22-,23+,24-,25+,26-/m0/s1. The molecule has 272 valence electrons. The highest BCUT2D eigenvalue weighted by molar-refractivity contribution is 5.75. The third-order valence-electron chi connectivity index (χ3n) is 8.78. The minimum atomic E-state index is -1.96. The molecule has 0 bridgehead atoms. The zero-order chi connectivity index (χ0) is 34.3. The summed E-state index contributed by atoms with van der Waals surface area (Å²) in [4.78, 5) is 4.16. The van der Waals surface area contributed by atoms with E-state index in [1.54, 1.807) is 0 Å². The summed E-state index contributed by atoms with van der Waals surface area (Å²) in [5, 5.41) is 124. The highest BCUT2D eigenvalue weighted by atomic mass is 16.8. The Bertz CT molecular complexity index is 1050. The van der Waals surface area contributed by atoms with Gasteiger partial charge in [-0.1, -0.05) is 0 Å². The quantitative estimate of drug-likeness (QED) is 0.101. The largest absolute Gasteiger partial charge is 0.450 e. The van der Waals surface area contributed by atoms with Crippen molar-refractivity contribution >= 4 is 5.90 Å². The molecule has 0 aliphatic carbocycles. The van der Waals surface area contributed by atoms with Gasteiger partial charge in [-0.05, 0) is 0 Å². The van der Waals surface area contributed by atoms with Crippen LogP contribution < -0.4 is 0 Å². The SMILES string of the molecule is CC1=NC2[C@H](O1)OC(CO)[C@@H](O[C@@H]1OC(CO[C@H]3OC(CO)[C@@H](O)[C@H](O)C3O)[C@@H](O)[C@H](O[C@H]3O[C@@H](CO)[C@@H](O)C(O)C3O)C1O)[C@@H]2O. The summed E-state index contributed by atoms with van der Waals surface area (Å²) in [7, 11) is 0. The van der Waals surface area contributed by atoms with Gasteiger partial charge in [-0.15, -0.1) is 0 Å². The van der Waals surface area contributed by atoms with Crippen LogP contribution in [0.1, 0.15) is 6.92 Å². The monoisotopic (exact) mass is 689 g/mol. The Morgan fingerprint density at radius 2 is 1.04 bits per heavy atom. The highest BCUT2D eigenvalue weighted by Gasteiger charge is 2.55. The Hall–Kier alpha value is -1.29. The van der Waals surface area contributed by atoms with Crippen LogP contribution >= 0.6 is 0 Å². The van der Waals surface area contributed by atoms with Crippen LogP contribution in [0.2, 0.25) is 0 Å². The van der Waals surface area contributed by atoms with Crippen LogP contribution in [-0.4, -0.2) is 216 Å². The number of aliphatic hydroxyl groups is 12. The van der Waals surface area contributed by atoms with E-state index in [1.165, 1.54) is 6.92 Å². The van der Waals surface area contributed by atoms with Crippen molar-refractivity contribution in [1.82, 2.24) is 0 Å². The van der Waals surface area contributed by atoms with Gasteiger partial charge in [-0.25, -0.2) is 4.99 Å². The topological polar surface area (TPSA) is 329 Å². The van der Waals surface area contributed by atoms with Crippen molar-refractivity contribution in [2.45, 2.75) is 130 Å². The van der Waals surface area contributed by atoms with Gasteiger partial charge in [0.2, 0.25) is 6.29 Å². The number of nitrogens with zero attached hydrogens (tertiary/aromatic N) is 1. The van der Waals surface area contributed by atoms with Crippen molar-refractivity contribution in [2.24, 2.45) is 4.99 Å². The molecule has 8 unspecified atom stereocenters. The lowest BCUT2D eigenvalue weighted by atomic mass is 9.95. The maximum absolute atomic E-state index is 11.3. The number of aliphatic hydroxyl groups excluding tert-OH is 12. The van der Waals surface area contributed by atoms with Gasteiger partial charge >= 0.3 is 0 Å². The van der Waals surface area contributed by atoms with Crippen LogP contribution in [0.15, 0.2) is 4.99 Å². The molecule has 4 saturated heterocycles. The van der Waals surface area contributed by atoms with Crippen LogP contribution in [0, 0.1) is 0 Å². The molecule has 0 aromatic carbocycles. The molecule has 5 rings (SSSR count). The van der Waals surface area contributed by atoms with Gasteiger partial charge in [0, 0.05) is 6.92 Å². The van der Waals surface area contributed by atoms with E-state index in [0.29, 0.717) is 0 Å². The van der Waals surface area contributed by atoms with Gasteiger partial charge in [0.1, 0.15) is 97.6 Å². The van der Waals surface area contributed by atoms with Crippen molar-refractivity contribution in [3.63, 3.8) is 0 Å². The van der Waals surface area contributed by atoms with E-state index in [1.807, 2.05) is 0 Å². The first kappa shape index (κ1) is 37.0. The number of hydrogen-bond acceptors (Lipinski definition) is 21. The molecule has 0 aromatic rings. The van der Waals surface area contributed by atoms with Crippen LogP contribution in [0.3, 0.4) is 0 Å². The zero-order valence-corrected chi connectivity index (χ0v) is 25.0. The molecule has 0 amide bonds. The molecule has 0 spiro atoms. The highest BCUT2D eigenvalue weighted by Crippen LogP contribution is 2.35. The fraction of sp³-hybridized carbons (Fsp3) is 0.962. The normalized spacial score (nSPS) is 52.1. The van der Waals surface area contributed by atoms with Gasteiger partial charge in [0.05, 0.1) is 26.4 Å². The first-order chi connectivity index (χ1) is 22.3. The van der Waals surface area contributed by atoms with Gasteiger partial charge in [-0.2, -0.15) is 0 Å². The second-order valence-corrected chi connectivity index (χ2v) is 11.9. The van der Waals surface area contributed by atoms with Crippen LogP contribution in [0.25, 0.3) is 0 Å². The zero-order valence-electron chi connectivity index (χ0n) is 25.0. The van der Waals surface area contributed by atoms with E-state index in [9.17, 15) is 61.3 Å². The average Bonchev–Trinajstić information content (AvgIpc) is 3.44. The molecule has 21 heteroatoms. The summed E-state index contributed by atoms with van der Waals surface area (Å²) in [6.45, 7) is -1.41. The Morgan fingerprint density at radius 1 is 0.532 bits per heavy atom. The molecule has 20 atom stereocenters. The number of aliphatic imine (C=N–C) groups is 1. The van der Waals surface area contributed by atoms with E-state index in [0.717, 1.165) is 0 Å². The van der Waals surface area contributed by atoms with Crippen LogP contribution in [0.4, 0.5) is 0 Å². The van der Waals surface area contributed by atoms with Gasteiger partial charge < -0.3 is 99.2 Å². The first-order valence-corrected chi connectivity index (χ1v) is 15.0. The van der Waals surface area contributed by atoms with Crippen molar-refractivity contribution in [2.75, 3.05) is 26.4 Å². The summed E-state index contributed by atoms with van der Waals surface area (Å²) in [5.41, 5.74) is 0. The Balaban J connectivity index is 1.37. The molecule has 0 aromatic heterocycles. The van der Waals surface area contributed by atoms with Crippen LogP contribution in [0.5, 0.6) is 0 Å². The summed E-state index contributed by atoms with van der Waals surface area (Å²) in [5.74, 6) is 0.201. The fourth-order valence-electron chi connectivity index (χ4n) is 6.06. The lowest BCUT2D eigenvalue weighted by Gasteiger charge is -2.48. The first-order valence-electron chi connectivity index (χ1n) is 15.0. The summed E-state index contributed by atoms with van der Waals surface area (Å²) >= 11 is 0. The van der Waals surface area contributed by atoms with Crippen molar-refractivity contribution in [1.29, 1.82) is 0 Å². The molecule has 4 fully saturated rings. The maximum atomic E-state index is 11.3. The molecule has 0 radical (unpaired) electrons. The van der Waals surface area contributed by atoms with E-state index < -0.39 is 149 Å². The number of ether oxygens (including phenoxy) is 8. The maximum Gasteiger partial charge on any atom is 0.227 e. The second-order valence-electron chi connectivity index (χ2n) is 11.9. The number of rotatable bonds is 10. The molecule has 21 nitrogen and oxygen atoms in total. The minimum Gasteiger partial charge on any atom is -0.450 e. The lowest BCUT2D eigenvalue weighted by molar-refractivity contribution is -0.378. The van der Waals surface area contributed by atoms with E-state index in [4.69, 9.17) is 37.9 Å². The molecule has 47 heavy (non-hydrogen) atoms. The Labute approximate surface area is 266 Å².